The van der Waals surface area contributed by atoms with E-state index in [2.05, 4.69) is 62.4 Å². The van der Waals surface area contributed by atoms with Gasteiger partial charge in [0.15, 0.2) is 0 Å². The summed E-state index contributed by atoms with van der Waals surface area (Å²) in [5.41, 5.74) is 17.8. The number of hydrogen-bond donors (Lipinski definition) is 2. The van der Waals surface area contributed by atoms with Crippen molar-refractivity contribution in [2.75, 3.05) is 0 Å². The maximum Gasteiger partial charge on any atom is 0.0724 e. The van der Waals surface area contributed by atoms with Gasteiger partial charge in [0.05, 0.1) is 13.2 Å². The second-order valence-electron chi connectivity index (χ2n) is 8.09. The number of rotatable bonds is 14. The Kier molecular flexibility index (Phi) is 11.0. The van der Waals surface area contributed by atoms with Crippen LogP contribution in [0.4, 0.5) is 0 Å². The van der Waals surface area contributed by atoms with Crippen LogP contribution in [-0.4, -0.2) is 0 Å². The smallest absolute Gasteiger partial charge is 0.0724 e. The summed E-state index contributed by atoms with van der Waals surface area (Å²) in [5.74, 6) is 0. The van der Waals surface area contributed by atoms with Gasteiger partial charge in [0.1, 0.15) is 0 Å². The Bertz CT molecular complexity index is 641. The van der Waals surface area contributed by atoms with Crippen molar-refractivity contribution in [2.45, 2.75) is 90.5 Å². The summed E-state index contributed by atoms with van der Waals surface area (Å²) < 4.78 is 6.13. The average molecular weight is 397 g/mol. The Morgan fingerprint density at radius 2 is 1.07 bits per heavy atom. The average Bonchev–Trinajstić information content (AvgIpc) is 2.74. The van der Waals surface area contributed by atoms with E-state index in [0.29, 0.717) is 13.2 Å². The highest BCUT2D eigenvalue weighted by molar-refractivity contribution is 5.31. The molecule has 160 valence electrons. The fourth-order valence-electron chi connectivity index (χ4n) is 3.87. The Balaban J connectivity index is 1.95. The van der Waals surface area contributed by atoms with Gasteiger partial charge in [-0.15, -0.1) is 0 Å². The van der Waals surface area contributed by atoms with Crippen LogP contribution in [0.3, 0.4) is 0 Å². The molecule has 0 spiro atoms. The minimum atomic E-state index is 0.0839. The van der Waals surface area contributed by atoms with Crippen molar-refractivity contribution in [3.05, 3.63) is 70.8 Å². The standard InChI is InChI=1S/C26H40N2O/c1-3-5-7-17-25(27)23-15-11-9-13-21(23)19-29-20-22-14-10-12-16-24(22)26(28)18-8-6-4-2/h9-16,25-26H,3-8,17-20,27-28H2,1-2H3. The third-order valence-corrected chi connectivity index (χ3v) is 5.66. The number of nitrogens with two attached hydrogens (primary N) is 2. The summed E-state index contributed by atoms with van der Waals surface area (Å²) in [7, 11) is 0. The van der Waals surface area contributed by atoms with E-state index in [9.17, 15) is 0 Å². The second-order valence-corrected chi connectivity index (χ2v) is 8.09. The van der Waals surface area contributed by atoms with E-state index in [4.69, 9.17) is 16.2 Å². The summed E-state index contributed by atoms with van der Waals surface area (Å²) in [6.45, 7) is 5.61. The van der Waals surface area contributed by atoms with E-state index in [1.165, 1.54) is 60.8 Å². The van der Waals surface area contributed by atoms with Crippen molar-refractivity contribution in [1.29, 1.82) is 0 Å². The number of unbranched alkanes of at least 4 members (excludes halogenated alkanes) is 4. The van der Waals surface area contributed by atoms with Crippen LogP contribution in [0.5, 0.6) is 0 Å². The highest BCUT2D eigenvalue weighted by Gasteiger charge is 2.13. The van der Waals surface area contributed by atoms with Gasteiger partial charge in [-0.05, 0) is 35.1 Å². The lowest BCUT2D eigenvalue weighted by Crippen LogP contribution is -2.14. The van der Waals surface area contributed by atoms with Gasteiger partial charge in [-0.1, -0.05) is 101 Å². The summed E-state index contributed by atoms with van der Waals surface area (Å²) >= 11 is 0. The van der Waals surface area contributed by atoms with Crippen molar-refractivity contribution >= 4 is 0 Å². The van der Waals surface area contributed by atoms with Crippen LogP contribution in [0.2, 0.25) is 0 Å². The fraction of sp³-hybridized carbons (Fsp3) is 0.538. The topological polar surface area (TPSA) is 61.3 Å². The van der Waals surface area contributed by atoms with Gasteiger partial charge < -0.3 is 16.2 Å². The predicted octanol–water partition coefficient (Wildman–Crippen LogP) is 6.56. The van der Waals surface area contributed by atoms with Gasteiger partial charge in [-0.2, -0.15) is 0 Å². The van der Waals surface area contributed by atoms with E-state index in [0.717, 1.165) is 12.8 Å². The monoisotopic (exact) mass is 396 g/mol. The highest BCUT2D eigenvalue weighted by atomic mass is 16.5. The third-order valence-electron chi connectivity index (χ3n) is 5.66. The van der Waals surface area contributed by atoms with Crippen molar-refractivity contribution in [3.8, 4) is 0 Å². The van der Waals surface area contributed by atoms with Crippen LogP contribution < -0.4 is 11.5 Å². The molecule has 2 rings (SSSR count). The van der Waals surface area contributed by atoms with Crippen LogP contribution in [-0.2, 0) is 18.0 Å². The molecule has 0 heterocycles. The molecule has 0 aliphatic carbocycles. The maximum atomic E-state index is 6.47. The molecular weight excluding hydrogens is 356 g/mol. The van der Waals surface area contributed by atoms with Crippen LogP contribution in [0.1, 0.15) is 99.6 Å². The number of hydrogen-bond acceptors (Lipinski definition) is 3. The maximum absolute atomic E-state index is 6.47. The molecule has 2 aromatic rings. The van der Waals surface area contributed by atoms with E-state index in [1.807, 2.05) is 0 Å². The zero-order valence-corrected chi connectivity index (χ0v) is 18.4. The van der Waals surface area contributed by atoms with Gasteiger partial charge in [0.2, 0.25) is 0 Å². The van der Waals surface area contributed by atoms with Crippen molar-refractivity contribution < 1.29 is 4.74 Å². The molecule has 0 saturated heterocycles. The third kappa shape index (κ3) is 7.93. The highest BCUT2D eigenvalue weighted by Crippen LogP contribution is 2.24. The van der Waals surface area contributed by atoms with Crippen LogP contribution in [0.25, 0.3) is 0 Å². The van der Waals surface area contributed by atoms with E-state index < -0.39 is 0 Å². The molecule has 0 aliphatic heterocycles. The second kappa shape index (κ2) is 13.5. The molecule has 2 aromatic carbocycles. The Hall–Kier alpha value is -1.68. The Morgan fingerprint density at radius 1 is 0.655 bits per heavy atom. The molecule has 0 fully saturated rings. The fourth-order valence-corrected chi connectivity index (χ4v) is 3.87. The summed E-state index contributed by atoms with van der Waals surface area (Å²) in [5, 5.41) is 0. The van der Waals surface area contributed by atoms with E-state index in [-0.39, 0.29) is 12.1 Å². The lowest BCUT2D eigenvalue weighted by atomic mass is 9.96. The quantitative estimate of drug-likeness (QED) is 0.355. The summed E-state index contributed by atoms with van der Waals surface area (Å²) in [6, 6.07) is 17.0. The molecule has 0 saturated carbocycles. The Morgan fingerprint density at radius 3 is 1.48 bits per heavy atom. The SMILES string of the molecule is CCCCCC(N)c1ccccc1COCc1ccccc1C(N)CCCCC. The molecule has 4 N–H and O–H groups in total. The lowest BCUT2D eigenvalue weighted by molar-refractivity contribution is 0.105. The molecular formula is C26H40N2O. The molecule has 29 heavy (non-hydrogen) atoms. The predicted molar refractivity (Wildman–Crippen MR) is 124 cm³/mol. The Labute approximate surface area is 177 Å². The first-order chi connectivity index (χ1) is 14.2. The van der Waals surface area contributed by atoms with Crippen molar-refractivity contribution in [1.82, 2.24) is 0 Å². The molecule has 0 amide bonds. The lowest BCUT2D eigenvalue weighted by Gasteiger charge is -2.18. The number of ether oxygens (including phenoxy) is 1. The molecule has 0 aromatic heterocycles. The van der Waals surface area contributed by atoms with E-state index in [1.54, 1.807) is 0 Å². The summed E-state index contributed by atoms with van der Waals surface area (Å²) in [6.07, 6.45) is 9.32. The normalized spacial score (nSPS) is 13.4. The first kappa shape index (κ1) is 23.6. The zero-order chi connectivity index (χ0) is 20.9. The molecule has 2 unspecified atom stereocenters. The van der Waals surface area contributed by atoms with Gasteiger partial charge in [-0.25, -0.2) is 0 Å². The van der Waals surface area contributed by atoms with Gasteiger partial charge in [0, 0.05) is 12.1 Å². The van der Waals surface area contributed by atoms with E-state index >= 15 is 0 Å². The van der Waals surface area contributed by atoms with Gasteiger partial charge in [-0.3, -0.25) is 0 Å². The first-order valence-corrected chi connectivity index (χ1v) is 11.4. The minimum absolute atomic E-state index is 0.0839. The summed E-state index contributed by atoms with van der Waals surface area (Å²) in [4.78, 5) is 0. The van der Waals surface area contributed by atoms with Crippen LogP contribution in [0, 0.1) is 0 Å². The van der Waals surface area contributed by atoms with Crippen LogP contribution >= 0.6 is 0 Å². The van der Waals surface area contributed by atoms with Gasteiger partial charge >= 0.3 is 0 Å². The molecule has 2 atom stereocenters. The molecule has 0 aliphatic rings. The van der Waals surface area contributed by atoms with Crippen molar-refractivity contribution in [3.63, 3.8) is 0 Å². The van der Waals surface area contributed by atoms with Crippen molar-refractivity contribution in [2.24, 2.45) is 11.5 Å². The first-order valence-electron chi connectivity index (χ1n) is 11.4. The molecule has 0 bridgehead atoms. The molecule has 3 heteroatoms. The minimum Gasteiger partial charge on any atom is -0.372 e. The molecule has 3 nitrogen and oxygen atoms in total. The largest absolute Gasteiger partial charge is 0.372 e. The van der Waals surface area contributed by atoms with Crippen LogP contribution in [0.15, 0.2) is 48.5 Å². The zero-order valence-electron chi connectivity index (χ0n) is 18.4. The number of benzene rings is 2. The van der Waals surface area contributed by atoms with Gasteiger partial charge in [0.25, 0.3) is 0 Å². The molecule has 0 radical (unpaired) electrons.